The molecule has 7 atom stereocenters. The number of carbonyl (C=O) groups excluding carboxylic acids is 6. The summed E-state index contributed by atoms with van der Waals surface area (Å²) in [5.74, 6) is -3.35. The van der Waals surface area contributed by atoms with Gasteiger partial charge in [-0.05, 0) is 61.8 Å². The molecule has 0 saturated carbocycles. The van der Waals surface area contributed by atoms with E-state index in [0.29, 0.717) is 38.0 Å². The third-order valence-electron chi connectivity index (χ3n) is 9.20. The molecule has 0 aliphatic carbocycles. The van der Waals surface area contributed by atoms with Crippen LogP contribution in [-0.4, -0.2) is 101 Å². The van der Waals surface area contributed by atoms with Crippen molar-refractivity contribution in [3.63, 3.8) is 0 Å². The molecule has 3 heterocycles. The fraction of sp³-hybridized carbons (Fsp3) is 0.647. The molecule has 1 saturated heterocycles. The molecule has 4 rings (SSSR count). The Hall–Kier alpha value is -4.24. The van der Waals surface area contributed by atoms with Crippen LogP contribution in [-0.2, 0) is 35.2 Å². The minimum absolute atomic E-state index is 0.00830. The van der Waals surface area contributed by atoms with Crippen molar-refractivity contribution in [2.45, 2.75) is 109 Å². The van der Waals surface area contributed by atoms with Crippen LogP contribution in [0.3, 0.4) is 0 Å². The average Bonchev–Trinajstić information content (AvgIpc) is 3.51. The van der Waals surface area contributed by atoms with Crippen LogP contribution < -0.4 is 37.5 Å². The fourth-order valence-electron chi connectivity index (χ4n) is 6.11. The van der Waals surface area contributed by atoms with E-state index in [-0.39, 0.29) is 37.8 Å². The fourth-order valence-corrected chi connectivity index (χ4v) is 6.11. The van der Waals surface area contributed by atoms with Gasteiger partial charge in [0.25, 0.3) is 0 Å². The molecule has 0 radical (unpaired) electrons. The Morgan fingerprint density at radius 1 is 1.02 bits per heavy atom. The van der Waals surface area contributed by atoms with Gasteiger partial charge in [-0.2, -0.15) is 0 Å². The van der Waals surface area contributed by atoms with Crippen LogP contribution in [0.2, 0.25) is 0 Å². The predicted octanol–water partition coefficient (Wildman–Crippen LogP) is -0.771. The van der Waals surface area contributed by atoms with Gasteiger partial charge >= 0.3 is 0 Å². The number of rotatable bonds is 13. The number of likely N-dealkylation sites (tertiary alicyclic amines) is 1. The molecule has 9 N–H and O–H groups in total. The van der Waals surface area contributed by atoms with Crippen LogP contribution in [0.5, 0.6) is 5.75 Å². The van der Waals surface area contributed by atoms with Gasteiger partial charge in [-0.1, -0.05) is 46.2 Å². The molecular formula is C34H53N7O8. The molecule has 0 spiro atoms. The quantitative estimate of drug-likeness (QED) is 0.138. The van der Waals surface area contributed by atoms with E-state index < -0.39 is 78.2 Å². The molecule has 0 aromatic heterocycles. The molecule has 3 aliphatic heterocycles. The average molecular weight is 688 g/mol. The zero-order valence-electron chi connectivity index (χ0n) is 28.9. The topological polar surface area (TPSA) is 235 Å². The zero-order valence-corrected chi connectivity index (χ0v) is 28.9. The second-order valence-electron chi connectivity index (χ2n) is 13.4. The first-order chi connectivity index (χ1) is 23.2. The number of aliphatic hydroxyl groups excluding tert-OH is 1. The Kier molecular flexibility index (Phi) is 14.8. The Morgan fingerprint density at radius 3 is 2.33 bits per heavy atom. The van der Waals surface area contributed by atoms with E-state index in [1.807, 2.05) is 30.9 Å². The number of aliphatic hydroxyl groups is 1. The second-order valence-corrected chi connectivity index (χ2v) is 13.4. The van der Waals surface area contributed by atoms with Gasteiger partial charge in [-0.3, -0.25) is 33.7 Å². The summed E-state index contributed by atoms with van der Waals surface area (Å²) < 4.78 is 5.72. The summed E-state index contributed by atoms with van der Waals surface area (Å²) in [6, 6.07) is 2.58. The lowest BCUT2D eigenvalue weighted by molar-refractivity contribution is -0.134. The molecule has 1 fully saturated rings. The van der Waals surface area contributed by atoms with Crippen LogP contribution in [0.15, 0.2) is 24.3 Å². The predicted molar refractivity (Wildman–Crippen MR) is 180 cm³/mol. The number of amides is 6. The number of fused-ring (bicyclic) bond motifs is 12. The number of nitrogens with one attached hydrogen (secondary N) is 4. The molecule has 1 aromatic rings. The number of hydrogen-bond donors (Lipinski definition) is 7. The molecular weight excluding hydrogens is 634 g/mol. The zero-order chi connectivity index (χ0) is 36.2. The largest absolute Gasteiger partial charge is 0.494 e. The van der Waals surface area contributed by atoms with Crippen molar-refractivity contribution in [2.24, 2.45) is 23.3 Å². The summed E-state index contributed by atoms with van der Waals surface area (Å²) >= 11 is 0. The van der Waals surface area contributed by atoms with Gasteiger partial charge in [0.05, 0.1) is 31.2 Å². The Balaban J connectivity index is 1.80. The third kappa shape index (κ3) is 11.7. The van der Waals surface area contributed by atoms with E-state index >= 15 is 0 Å². The van der Waals surface area contributed by atoms with Crippen molar-refractivity contribution in [1.29, 1.82) is 0 Å². The van der Waals surface area contributed by atoms with Crippen molar-refractivity contribution in [3.05, 3.63) is 29.8 Å². The molecule has 3 unspecified atom stereocenters. The van der Waals surface area contributed by atoms with Gasteiger partial charge in [-0.25, -0.2) is 0 Å². The van der Waals surface area contributed by atoms with Gasteiger partial charge in [0.1, 0.15) is 23.9 Å². The van der Waals surface area contributed by atoms with Crippen LogP contribution in [0, 0.1) is 11.8 Å². The van der Waals surface area contributed by atoms with Gasteiger partial charge in [0.15, 0.2) is 0 Å². The highest BCUT2D eigenvalue weighted by molar-refractivity contribution is 5.93. The van der Waals surface area contributed by atoms with Crippen molar-refractivity contribution in [1.82, 2.24) is 26.2 Å². The summed E-state index contributed by atoms with van der Waals surface area (Å²) in [4.78, 5) is 78.5. The van der Waals surface area contributed by atoms with Crippen molar-refractivity contribution in [3.8, 4) is 5.75 Å². The van der Waals surface area contributed by atoms with Crippen LogP contribution in [0.1, 0.15) is 71.8 Å². The SMILES string of the molecule is CC[C@H](C)[C@H](NC(=O)[C@@H]1CCCN1CC(O)C1Cc2ccc(cc2)OCCCC(=O)NC(CC(N)=O)C(=O)N1)C(=O)N[C@H](C(N)=O)C(C)C. The van der Waals surface area contributed by atoms with E-state index in [2.05, 4.69) is 21.3 Å². The van der Waals surface area contributed by atoms with Crippen LogP contribution in [0.4, 0.5) is 0 Å². The third-order valence-corrected chi connectivity index (χ3v) is 9.20. The standard InChI is InChI=1S/C34H53N7O8/c1-5-20(4)30(34(48)39-29(19(2)3)31(36)45)40-33(47)25-8-6-14-41(25)18-26(42)23-16-21-10-12-22(13-11-21)49-15-7-9-28(44)37-24(17-27(35)43)32(46)38-23/h10-13,19-20,23-26,29-30,42H,5-9,14-18H2,1-4H3,(H2,35,43)(H2,36,45)(H,37,44)(H,38,46)(H,39,48)(H,40,47)/t20-,23?,24?,25-,26?,29-,30-/m0/s1. The molecule has 15 nitrogen and oxygen atoms in total. The Bertz CT molecular complexity index is 1320. The molecule has 15 heteroatoms. The Labute approximate surface area is 287 Å². The summed E-state index contributed by atoms with van der Waals surface area (Å²) in [7, 11) is 0. The smallest absolute Gasteiger partial charge is 0.243 e. The molecule has 1 aromatic carbocycles. The van der Waals surface area contributed by atoms with Gasteiger partial charge in [0.2, 0.25) is 35.4 Å². The lowest BCUT2D eigenvalue weighted by atomic mass is 9.96. The second kappa shape index (κ2) is 18.5. The minimum Gasteiger partial charge on any atom is -0.494 e. The first-order valence-corrected chi connectivity index (χ1v) is 17.1. The number of primary amides is 2. The first-order valence-electron chi connectivity index (χ1n) is 17.1. The van der Waals surface area contributed by atoms with Crippen molar-refractivity contribution >= 4 is 35.4 Å². The van der Waals surface area contributed by atoms with E-state index in [1.54, 1.807) is 26.0 Å². The molecule has 3 aliphatic rings. The van der Waals surface area contributed by atoms with Gasteiger partial charge in [-0.15, -0.1) is 0 Å². The van der Waals surface area contributed by atoms with Crippen LogP contribution in [0.25, 0.3) is 0 Å². The first kappa shape index (κ1) is 39.2. The normalized spacial score (nSPS) is 23.1. The Morgan fingerprint density at radius 2 is 1.71 bits per heavy atom. The van der Waals surface area contributed by atoms with E-state index in [4.69, 9.17) is 16.2 Å². The van der Waals surface area contributed by atoms with E-state index in [0.717, 1.165) is 5.56 Å². The number of nitrogens with two attached hydrogens (primary N) is 2. The minimum atomic E-state index is -1.24. The number of nitrogens with zero attached hydrogens (tertiary/aromatic N) is 1. The van der Waals surface area contributed by atoms with Crippen molar-refractivity contribution in [2.75, 3.05) is 19.7 Å². The van der Waals surface area contributed by atoms with Crippen molar-refractivity contribution < 1.29 is 38.6 Å². The van der Waals surface area contributed by atoms with Gasteiger partial charge in [0, 0.05) is 13.0 Å². The summed E-state index contributed by atoms with van der Waals surface area (Å²) in [6.07, 6.45) is 0.768. The molecule has 49 heavy (non-hydrogen) atoms. The maximum atomic E-state index is 13.7. The maximum Gasteiger partial charge on any atom is 0.243 e. The summed E-state index contributed by atoms with van der Waals surface area (Å²) in [5, 5.41) is 22.5. The monoisotopic (exact) mass is 687 g/mol. The highest BCUT2D eigenvalue weighted by atomic mass is 16.5. The van der Waals surface area contributed by atoms with Gasteiger partial charge < -0.3 is 42.6 Å². The molecule has 272 valence electrons. The summed E-state index contributed by atoms with van der Waals surface area (Å²) in [5.41, 5.74) is 11.7. The molecule has 2 bridgehead atoms. The molecule has 6 amide bonds. The number of benzene rings is 1. The van der Waals surface area contributed by atoms with Crippen LogP contribution >= 0.6 is 0 Å². The highest BCUT2D eigenvalue weighted by Gasteiger charge is 2.38. The van der Waals surface area contributed by atoms with E-state index in [1.165, 1.54) is 0 Å². The number of carbonyl (C=O) groups is 6. The number of β-amino-alcohol motifs (C(OH)–C–C–N with tert-alkyl or cyclic N) is 1. The lowest BCUT2D eigenvalue weighted by Crippen LogP contribution is -2.59. The number of hydrogen-bond acceptors (Lipinski definition) is 9. The lowest BCUT2D eigenvalue weighted by Gasteiger charge is -2.33. The summed E-state index contributed by atoms with van der Waals surface area (Å²) in [6.45, 7) is 8.03. The maximum absolute atomic E-state index is 13.7. The number of ether oxygens (including phenoxy) is 1. The van der Waals surface area contributed by atoms with E-state index in [9.17, 15) is 33.9 Å². The highest BCUT2D eigenvalue weighted by Crippen LogP contribution is 2.21.